The Bertz CT molecular complexity index is 894. The van der Waals surface area contributed by atoms with Gasteiger partial charge in [-0.2, -0.15) is 5.26 Å². The Morgan fingerprint density at radius 2 is 2.07 bits per heavy atom. The Labute approximate surface area is 169 Å². The third-order valence-corrected chi connectivity index (χ3v) is 7.43. The van der Waals surface area contributed by atoms with Gasteiger partial charge >= 0.3 is 0 Å². The molecule has 0 amide bonds. The zero-order valence-electron chi connectivity index (χ0n) is 16.3. The van der Waals surface area contributed by atoms with Crippen LogP contribution in [0.15, 0.2) is 17.6 Å². The van der Waals surface area contributed by atoms with Crippen LogP contribution in [-0.2, 0) is 4.74 Å². The second-order valence-electron chi connectivity index (χ2n) is 8.56. The molecule has 0 spiro atoms. The number of rotatable bonds is 3. The molecule has 0 aliphatic carbocycles. The van der Waals surface area contributed by atoms with Crippen LogP contribution >= 0.6 is 11.3 Å². The van der Waals surface area contributed by atoms with Crippen LogP contribution in [-0.4, -0.2) is 59.9 Å². The molecule has 2 aromatic rings. The third-order valence-electron chi connectivity index (χ3n) is 6.59. The molecule has 3 fully saturated rings. The van der Waals surface area contributed by atoms with Crippen LogP contribution in [0.25, 0.3) is 10.2 Å². The topological polar surface area (TPSA) is 78.4 Å². The third kappa shape index (κ3) is 3.18. The van der Waals surface area contributed by atoms with Gasteiger partial charge in [-0.15, -0.1) is 11.3 Å². The predicted molar refractivity (Wildman–Crippen MR) is 112 cm³/mol. The summed E-state index contributed by atoms with van der Waals surface area (Å²) in [6, 6.07) is 7.88. The molecule has 1 aromatic carbocycles. The van der Waals surface area contributed by atoms with Gasteiger partial charge in [0.2, 0.25) is 0 Å². The van der Waals surface area contributed by atoms with E-state index in [1.807, 2.05) is 11.6 Å². The van der Waals surface area contributed by atoms with Crippen molar-refractivity contribution in [3.8, 4) is 6.07 Å². The molecule has 0 radical (unpaired) electrons. The van der Waals surface area contributed by atoms with E-state index >= 15 is 0 Å². The van der Waals surface area contributed by atoms with Crippen molar-refractivity contribution in [2.24, 2.45) is 5.73 Å². The molecular formula is C21H27N5OS. The Morgan fingerprint density at radius 1 is 1.29 bits per heavy atom. The molecule has 3 saturated heterocycles. The van der Waals surface area contributed by atoms with Gasteiger partial charge in [-0.1, -0.05) is 0 Å². The fourth-order valence-corrected chi connectivity index (χ4v) is 6.32. The second-order valence-corrected chi connectivity index (χ2v) is 9.42. The molecule has 2 N–H and O–H groups in total. The first-order valence-electron chi connectivity index (χ1n) is 10.3. The number of ether oxygens (including phenoxy) is 1. The maximum Gasteiger partial charge on any atom is 0.101 e. The fraction of sp³-hybridized carbons (Fsp3) is 0.619. The minimum absolute atomic E-state index is 0.182. The van der Waals surface area contributed by atoms with Crippen LogP contribution in [0.1, 0.15) is 38.2 Å². The van der Waals surface area contributed by atoms with Crippen molar-refractivity contribution in [1.29, 1.82) is 5.26 Å². The first-order valence-corrected chi connectivity index (χ1v) is 11.2. The van der Waals surface area contributed by atoms with E-state index in [1.54, 1.807) is 11.3 Å². The number of hydrogen-bond acceptors (Lipinski definition) is 7. The molecule has 0 saturated carbocycles. The number of fused-ring (bicyclic) bond motifs is 3. The van der Waals surface area contributed by atoms with E-state index < -0.39 is 0 Å². The molecule has 2 bridgehead atoms. The standard InChI is InChI=1S/C21H27N5OS/c1-13-9-25(19-5-2-14(8-22)20-21(19)28-12-24-20)10-18(27-13)11-26-16-3-4-17(26)7-15(23)6-16/h2,5,12-13,15-18H,3-4,6-7,9-11,23H2,1H3/t13-,15?,16-,17?,18-/m1/s1. The van der Waals surface area contributed by atoms with Crippen molar-refractivity contribution >= 4 is 27.2 Å². The van der Waals surface area contributed by atoms with Gasteiger partial charge in [-0.25, -0.2) is 4.98 Å². The summed E-state index contributed by atoms with van der Waals surface area (Å²) < 4.78 is 7.46. The summed E-state index contributed by atoms with van der Waals surface area (Å²) in [6.07, 6.45) is 5.18. The molecule has 3 aliphatic rings. The van der Waals surface area contributed by atoms with E-state index in [-0.39, 0.29) is 12.2 Å². The Kier molecular flexibility index (Phi) is 4.76. The van der Waals surface area contributed by atoms with Crippen LogP contribution in [0, 0.1) is 11.3 Å². The van der Waals surface area contributed by atoms with Gasteiger partial charge < -0.3 is 15.4 Å². The van der Waals surface area contributed by atoms with Gasteiger partial charge in [0.15, 0.2) is 0 Å². The van der Waals surface area contributed by atoms with Gasteiger partial charge in [-0.3, -0.25) is 4.90 Å². The fourth-order valence-electron chi connectivity index (χ4n) is 5.47. The van der Waals surface area contributed by atoms with E-state index in [4.69, 9.17) is 10.5 Å². The smallest absolute Gasteiger partial charge is 0.101 e. The van der Waals surface area contributed by atoms with Crippen molar-refractivity contribution in [1.82, 2.24) is 9.88 Å². The summed E-state index contributed by atoms with van der Waals surface area (Å²) in [5, 5.41) is 9.36. The van der Waals surface area contributed by atoms with Crippen molar-refractivity contribution < 1.29 is 4.74 Å². The molecule has 28 heavy (non-hydrogen) atoms. The Morgan fingerprint density at radius 3 is 2.82 bits per heavy atom. The number of piperidine rings is 1. The summed E-state index contributed by atoms with van der Waals surface area (Å²) in [5.41, 5.74) is 10.7. The molecule has 5 atom stereocenters. The van der Waals surface area contributed by atoms with E-state index in [2.05, 4.69) is 33.8 Å². The first-order chi connectivity index (χ1) is 13.6. The van der Waals surface area contributed by atoms with E-state index in [0.29, 0.717) is 23.7 Å². The largest absolute Gasteiger partial charge is 0.370 e. The minimum Gasteiger partial charge on any atom is -0.370 e. The number of thiazole rings is 1. The molecule has 5 rings (SSSR count). The number of nitrogens with two attached hydrogens (primary N) is 1. The monoisotopic (exact) mass is 397 g/mol. The van der Waals surface area contributed by atoms with E-state index in [1.165, 1.54) is 18.5 Å². The Balaban J connectivity index is 1.37. The molecular weight excluding hydrogens is 370 g/mol. The average molecular weight is 398 g/mol. The van der Waals surface area contributed by atoms with Gasteiger partial charge in [0.05, 0.1) is 33.7 Å². The SMILES string of the molecule is C[C@@H]1CN(c2ccc(C#N)c3ncsc23)C[C@H](CN2C3CC[C@@H]2CC(N)C3)O1. The Hall–Kier alpha value is -1.72. The van der Waals surface area contributed by atoms with E-state index in [0.717, 1.165) is 42.7 Å². The number of hydrogen-bond donors (Lipinski definition) is 1. The zero-order valence-corrected chi connectivity index (χ0v) is 17.1. The van der Waals surface area contributed by atoms with Crippen molar-refractivity contribution in [3.05, 3.63) is 23.2 Å². The van der Waals surface area contributed by atoms with Crippen LogP contribution < -0.4 is 10.6 Å². The number of benzene rings is 1. The summed E-state index contributed by atoms with van der Waals surface area (Å²) in [5.74, 6) is 0. The normalized spacial score (nSPS) is 33.3. The highest BCUT2D eigenvalue weighted by Crippen LogP contribution is 2.37. The van der Waals surface area contributed by atoms with Crippen LogP contribution in [0.2, 0.25) is 0 Å². The summed E-state index contributed by atoms with van der Waals surface area (Å²) in [6.45, 7) is 4.90. The van der Waals surface area contributed by atoms with Crippen LogP contribution in [0.5, 0.6) is 0 Å². The van der Waals surface area contributed by atoms with Gasteiger partial charge in [0.25, 0.3) is 0 Å². The number of morpholine rings is 1. The summed E-state index contributed by atoms with van der Waals surface area (Å²) in [7, 11) is 0. The second kappa shape index (κ2) is 7.27. The van der Waals surface area contributed by atoms with Crippen molar-refractivity contribution in [3.63, 3.8) is 0 Å². The quantitative estimate of drug-likeness (QED) is 0.858. The average Bonchev–Trinajstić information content (AvgIpc) is 3.24. The first kappa shape index (κ1) is 18.3. The summed E-state index contributed by atoms with van der Waals surface area (Å²) in [4.78, 5) is 9.53. The van der Waals surface area contributed by atoms with Crippen molar-refractivity contribution in [2.45, 2.75) is 62.9 Å². The highest BCUT2D eigenvalue weighted by atomic mass is 32.1. The molecule has 2 unspecified atom stereocenters. The molecule has 148 valence electrons. The van der Waals surface area contributed by atoms with Gasteiger partial charge in [0.1, 0.15) is 11.6 Å². The predicted octanol–water partition coefficient (Wildman–Crippen LogP) is 2.72. The number of aromatic nitrogens is 1. The molecule has 4 heterocycles. The lowest BCUT2D eigenvalue weighted by Gasteiger charge is -2.43. The van der Waals surface area contributed by atoms with Gasteiger partial charge in [-0.05, 0) is 44.7 Å². The number of nitrogens with zero attached hydrogens (tertiary/aromatic N) is 4. The van der Waals surface area contributed by atoms with Crippen LogP contribution in [0.3, 0.4) is 0 Å². The van der Waals surface area contributed by atoms with Crippen molar-refractivity contribution in [2.75, 3.05) is 24.5 Å². The maximum absolute atomic E-state index is 9.36. The maximum atomic E-state index is 9.36. The highest BCUT2D eigenvalue weighted by Gasteiger charge is 2.41. The number of anilines is 1. The lowest BCUT2D eigenvalue weighted by molar-refractivity contribution is -0.0447. The molecule has 3 aliphatic heterocycles. The van der Waals surface area contributed by atoms with Crippen LogP contribution in [0.4, 0.5) is 5.69 Å². The molecule has 7 heteroatoms. The zero-order chi connectivity index (χ0) is 19.3. The summed E-state index contributed by atoms with van der Waals surface area (Å²) >= 11 is 1.62. The molecule has 1 aromatic heterocycles. The lowest BCUT2D eigenvalue weighted by Crippen LogP contribution is -2.55. The van der Waals surface area contributed by atoms with Gasteiger partial charge in [0, 0.05) is 37.8 Å². The lowest BCUT2D eigenvalue weighted by atomic mass is 9.97. The number of nitriles is 1. The molecule has 6 nitrogen and oxygen atoms in total. The van der Waals surface area contributed by atoms with E-state index in [9.17, 15) is 5.26 Å². The highest BCUT2D eigenvalue weighted by molar-refractivity contribution is 7.17. The minimum atomic E-state index is 0.182.